The minimum absolute atomic E-state index is 0.0422. The maximum Gasteiger partial charge on any atom is 0.326 e. The largest absolute Gasteiger partial charge is 0.480 e. The van der Waals surface area contributed by atoms with Crippen molar-refractivity contribution in [3.8, 4) is 0 Å². The number of esters is 2. The highest BCUT2D eigenvalue weighted by atomic mass is 16.6. The van der Waals surface area contributed by atoms with Crippen LogP contribution in [0.25, 0.3) is 0 Å². The number of amides is 1. The lowest BCUT2D eigenvalue weighted by Crippen LogP contribution is -2.59. The minimum atomic E-state index is -1.43. The van der Waals surface area contributed by atoms with Crippen LogP contribution in [0.3, 0.4) is 0 Å². The van der Waals surface area contributed by atoms with Crippen molar-refractivity contribution in [1.82, 2.24) is 4.90 Å². The molecule has 4 fully saturated rings. The quantitative estimate of drug-likeness (QED) is 0.395. The van der Waals surface area contributed by atoms with Gasteiger partial charge in [0.15, 0.2) is 18.0 Å². The SMILES string of the molecule is CC(=O)O[C@]1(C(=O)COC(=O)CCC(=O)N2C[C@H](O)C[C@@H]2C(=O)O)CC[C@@H]2[C@@H]3CCC4=CC(=O)CC[C@]4(C)[C@@H]3CC[C@@]21C. The topological polar surface area (TPSA) is 165 Å². The summed E-state index contributed by atoms with van der Waals surface area (Å²) < 4.78 is 11.2. The number of carbonyl (C=O) groups excluding carboxylic acids is 5. The van der Waals surface area contributed by atoms with E-state index in [4.69, 9.17) is 9.47 Å². The van der Waals surface area contributed by atoms with E-state index in [0.717, 1.165) is 30.6 Å². The molecule has 236 valence electrons. The van der Waals surface area contributed by atoms with E-state index < -0.39 is 59.4 Å². The third-order valence-electron chi connectivity index (χ3n) is 11.6. The van der Waals surface area contributed by atoms with E-state index in [1.807, 2.05) is 13.0 Å². The zero-order valence-electron chi connectivity index (χ0n) is 25.3. The van der Waals surface area contributed by atoms with Crippen LogP contribution in [0.1, 0.15) is 91.4 Å². The molecule has 1 saturated heterocycles. The number of nitrogens with zero attached hydrogens (tertiary/aromatic N) is 1. The third-order valence-corrected chi connectivity index (χ3v) is 11.6. The fourth-order valence-corrected chi connectivity index (χ4v) is 9.50. The van der Waals surface area contributed by atoms with Gasteiger partial charge in [-0.2, -0.15) is 0 Å². The molecule has 0 unspecified atom stereocenters. The van der Waals surface area contributed by atoms with Crippen LogP contribution in [0.4, 0.5) is 0 Å². The summed E-state index contributed by atoms with van der Waals surface area (Å²) in [6.07, 6.45) is 5.90. The predicted octanol–water partition coefficient (Wildman–Crippen LogP) is 2.76. The van der Waals surface area contributed by atoms with Gasteiger partial charge in [-0.25, -0.2) is 4.79 Å². The Labute approximate surface area is 251 Å². The van der Waals surface area contributed by atoms with Gasteiger partial charge in [0.1, 0.15) is 6.04 Å². The molecule has 5 aliphatic rings. The number of likely N-dealkylation sites (tertiary alicyclic amines) is 1. The number of fused-ring (bicyclic) bond motifs is 5. The monoisotopic (exact) mass is 601 g/mol. The lowest BCUT2D eigenvalue weighted by molar-refractivity contribution is -0.191. The number of ether oxygens (including phenoxy) is 2. The van der Waals surface area contributed by atoms with Gasteiger partial charge in [-0.05, 0) is 74.2 Å². The van der Waals surface area contributed by atoms with Crippen molar-refractivity contribution in [3.05, 3.63) is 11.6 Å². The van der Waals surface area contributed by atoms with E-state index in [2.05, 4.69) is 6.92 Å². The highest BCUT2D eigenvalue weighted by molar-refractivity contribution is 5.94. The van der Waals surface area contributed by atoms with Crippen LogP contribution in [0.5, 0.6) is 0 Å². The van der Waals surface area contributed by atoms with Crippen molar-refractivity contribution in [1.29, 1.82) is 0 Å². The molecule has 3 saturated carbocycles. The predicted molar refractivity (Wildman–Crippen MR) is 150 cm³/mol. The summed E-state index contributed by atoms with van der Waals surface area (Å²) in [6, 6.07) is -1.15. The van der Waals surface area contributed by atoms with Gasteiger partial charge >= 0.3 is 17.9 Å². The van der Waals surface area contributed by atoms with Crippen LogP contribution in [-0.4, -0.2) is 81.4 Å². The first-order chi connectivity index (χ1) is 20.2. The summed E-state index contributed by atoms with van der Waals surface area (Å²) in [5, 5.41) is 19.1. The molecule has 0 aromatic carbocycles. The lowest BCUT2D eigenvalue weighted by atomic mass is 9.46. The number of carbonyl (C=O) groups is 6. The van der Waals surface area contributed by atoms with Crippen LogP contribution >= 0.6 is 0 Å². The van der Waals surface area contributed by atoms with Crippen molar-refractivity contribution in [3.63, 3.8) is 0 Å². The average molecular weight is 602 g/mol. The van der Waals surface area contributed by atoms with Crippen molar-refractivity contribution in [2.45, 2.75) is 109 Å². The summed E-state index contributed by atoms with van der Waals surface area (Å²) in [7, 11) is 0. The van der Waals surface area contributed by atoms with Gasteiger partial charge in [0.2, 0.25) is 11.7 Å². The first kappa shape index (κ1) is 31.3. The number of aliphatic hydroxyl groups excluding tert-OH is 1. The maximum absolute atomic E-state index is 13.9. The van der Waals surface area contributed by atoms with Gasteiger partial charge in [-0.15, -0.1) is 0 Å². The van der Waals surface area contributed by atoms with Gasteiger partial charge in [0.25, 0.3) is 0 Å². The van der Waals surface area contributed by atoms with Crippen LogP contribution in [0.2, 0.25) is 0 Å². The highest BCUT2D eigenvalue weighted by Crippen LogP contribution is 2.68. The zero-order valence-corrected chi connectivity index (χ0v) is 25.3. The molecule has 1 aliphatic heterocycles. The number of rotatable bonds is 8. The van der Waals surface area contributed by atoms with E-state index in [1.165, 1.54) is 12.5 Å². The Kier molecular flexibility index (Phi) is 8.35. The van der Waals surface area contributed by atoms with Crippen LogP contribution in [-0.2, 0) is 38.2 Å². The summed E-state index contributed by atoms with van der Waals surface area (Å²) >= 11 is 0. The number of β-amino-alcohol motifs (C(OH)–C–C–N with tert-alkyl or cyclic N) is 1. The number of carboxylic acid groups (broad SMARTS) is 1. The molecule has 11 nitrogen and oxygen atoms in total. The van der Waals surface area contributed by atoms with Crippen LogP contribution in [0, 0.1) is 28.6 Å². The molecule has 1 heterocycles. The van der Waals surface area contributed by atoms with E-state index in [1.54, 1.807) is 0 Å². The Hall–Kier alpha value is -3.08. The fourth-order valence-electron chi connectivity index (χ4n) is 9.50. The van der Waals surface area contributed by atoms with Crippen molar-refractivity contribution >= 4 is 35.4 Å². The molecule has 11 heteroatoms. The second kappa shape index (κ2) is 11.4. The molecule has 4 aliphatic carbocycles. The van der Waals surface area contributed by atoms with Crippen LogP contribution < -0.4 is 0 Å². The van der Waals surface area contributed by atoms with Gasteiger partial charge in [-0.1, -0.05) is 19.4 Å². The van der Waals surface area contributed by atoms with E-state index in [9.17, 15) is 39.0 Å². The number of allylic oxidation sites excluding steroid dienone is 1. The Morgan fingerprint density at radius 1 is 1.00 bits per heavy atom. The van der Waals surface area contributed by atoms with Gasteiger partial charge in [-0.3, -0.25) is 24.0 Å². The summed E-state index contributed by atoms with van der Waals surface area (Å²) in [4.78, 5) is 76.1. The van der Waals surface area contributed by atoms with E-state index in [-0.39, 0.29) is 42.9 Å². The van der Waals surface area contributed by atoms with Crippen molar-refractivity contribution in [2.75, 3.05) is 13.2 Å². The number of Topliss-reactive ketones (excluding diaryl/α,β-unsaturated/α-hetero) is 1. The normalized spacial score (nSPS) is 38.3. The fraction of sp³-hybridized carbons (Fsp3) is 0.750. The maximum atomic E-state index is 13.9. The molecule has 1 amide bonds. The van der Waals surface area contributed by atoms with Gasteiger partial charge in [0, 0.05) is 38.1 Å². The number of aliphatic hydroxyl groups is 1. The summed E-state index contributed by atoms with van der Waals surface area (Å²) in [6.45, 7) is 4.88. The van der Waals surface area contributed by atoms with Crippen LogP contribution in [0.15, 0.2) is 11.6 Å². The Balaban J connectivity index is 1.25. The molecule has 8 atom stereocenters. The van der Waals surface area contributed by atoms with Gasteiger partial charge < -0.3 is 24.6 Å². The van der Waals surface area contributed by atoms with E-state index >= 15 is 0 Å². The first-order valence-corrected chi connectivity index (χ1v) is 15.5. The second-order valence-corrected chi connectivity index (χ2v) is 13.8. The second-order valence-electron chi connectivity index (χ2n) is 13.8. The van der Waals surface area contributed by atoms with Crippen molar-refractivity contribution < 1.29 is 48.5 Å². The smallest absolute Gasteiger partial charge is 0.326 e. The standard InChI is InChI=1S/C32H43NO10/c1-18(34)43-32(26(37)17-42-28(39)7-6-27(38)33-16-21(36)15-25(33)29(40)41)13-10-24-22-5-4-19-14-20(35)8-11-30(19,2)23(22)9-12-31(24,32)3/h14,21-25,36H,4-13,15-17H2,1-3H3,(H,40,41)/t21-,22-,23-,24-,25-,30+,31+,32+/m1/s1. The Morgan fingerprint density at radius 3 is 2.42 bits per heavy atom. The Bertz CT molecular complexity index is 1260. The number of hydrogen-bond acceptors (Lipinski definition) is 9. The molecular weight excluding hydrogens is 558 g/mol. The lowest BCUT2D eigenvalue weighted by Gasteiger charge is -2.59. The Morgan fingerprint density at radius 2 is 1.72 bits per heavy atom. The summed E-state index contributed by atoms with van der Waals surface area (Å²) in [5.41, 5.74) is -0.855. The minimum Gasteiger partial charge on any atom is -0.480 e. The molecule has 0 aromatic heterocycles. The highest BCUT2D eigenvalue weighted by Gasteiger charge is 2.68. The number of aliphatic carboxylic acids is 1. The number of ketones is 2. The van der Waals surface area contributed by atoms with E-state index in [0.29, 0.717) is 37.5 Å². The molecule has 0 aromatic rings. The molecule has 2 N–H and O–H groups in total. The summed E-state index contributed by atoms with van der Waals surface area (Å²) in [5.74, 6) is -2.59. The molecule has 0 spiro atoms. The zero-order chi connectivity index (χ0) is 31.3. The first-order valence-electron chi connectivity index (χ1n) is 15.5. The molecule has 43 heavy (non-hydrogen) atoms. The third kappa shape index (κ3) is 5.31. The average Bonchev–Trinajstić information content (AvgIpc) is 3.48. The van der Waals surface area contributed by atoms with Gasteiger partial charge in [0.05, 0.1) is 12.5 Å². The molecular formula is C32H43NO10. The molecule has 0 bridgehead atoms. The number of hydrogen-bond donors (Lipinski definition) is 2. The molecule has 0 radical (unpaired) electrons. The van der Waals surface area contributed by atoms with Crippen molar-refractivity contribution in [2.24, 2.45) is 28.6 Å². The molecule has 5 rings (SSSR count). The number of carboxylic acids is 1.